The van der Waals surface area contributed by atoms with E-state index >= 15 is 0 Å². The molecule has 0 saturated heterocycles. The van der Waals surface area contributed by atoms with Gasteiger partial charge in [-0.25, -0.2) is 4.79 Å². The van der Waals surface area contributed by atoms with Gasteiger partial charge in [-0.1, -0.05) is 25.5 Å². The van der Waals surface area contributed by atoms with Gasteiger partial charge in [0.05, 0.1) is 12.7 Å². The van der Waals surface area contributed by atoms with Crippen LogP contribution in [0.25, 0.3) is 0 Å². The van der Waals surface area contributed by atoms with Crippen LogP contribution in [0.1, 0.15) is 68.3 Å². The monoisotopic (exact) mass is 385 g/mol. The van der Waals surface area contributed by atoms with Gasteiger partial charge >= 0.3 is 5.97 Å². The molecule has 0 fully saturated rings. The molecule has 0 aliphatic rings. The number of hydrogen-bond donors (Lipinski definition) is 3. The van der Waals surface area contributed by atoms with Crippen LogP contribution < -0.4 is 10.6 Å². The zero-order valence-corrected chi connectivity index (χ0v) is 16.8. The van der Waals surface area contributed by atoms with Gasteiger partial charge in [0.1, 0.15) is 5.69 Å². The Morgan fingerprint density at radius 2 is 1.86 bits per heavy atom. The van der Waals surface area contributed by atoms with Crippen LogP contribution in [0.15, 0.2) is 24.3 Å². The third kappa shape index (κ3) is 4.79. The minimum Gasteiger partial charge on any atom is -0.465 e. The lowest BCUT2D eigenvalue weighted by Gasteiger charge is -2.09. The van der Waals surface area contributed by atoms with Gasteiger partial charge in [-0.15, -0.1) is 0 Å². The Kier molecular flexibility index (Phi) is 7.37. The number of methoxy groups -OCH3 is 1. The molecule has 0 unspecified atom stereocenters. The first-order chi connectivity index (χ1) is 13.4. The molecule has 0 spiro atoms. The number of carbonyl (C=O) groups is 3. The summed E-state index contributed by atoms with van der Waals surface area (Å²) in [6.07, 6.45) is 1.38. The molecule has 2 amide bonds. The SMILES string of the molecule is CCCc1c(C(=O)NCc2cccc(C(=O)NCC)c2)[nH]c(C)c1C(=O)OC. The number of aromatic amines is 1. The van der Waals surface area contributed by atoms with Gasteiger partial charge in [0, 0.05) is 24.3 Å². The number of rotatable bonds is 8. The fourth-order valence-corrected chi connectivity index (χ4v) is 3.10. The lowest BCUT2D eigenvalue weighted by molar-refractivity contribution is 0.0598. The van der Waals surface area contributed by atoms with E-state index in [1.54, 1.807) is 25.1 Å². The van der Waals surface area contributed by atoms with E-state index in [4.69, 9.17) is 4.74 Å². The second kappa shape index (κ2) is 9.73. The topological polar surface area (TPSA) is 100 Å². The minimum atomic E-state index is -0.453. The van der Waals surface area contributed by atoms with E-state index in [0.717, 1.165) is 12.0 Å². The fraction of sp³-hybridized carbons (Fsp3) is 0.381. The molecule has 0 bridgehead atoms. The second-order valence-corrected chi connectivity index (χ2v) is 6.46. The third-order valence-corrected chi connectivity index (χ3v) is 4.39. The number of hydrogen-bond acceptors (Lipinski definition) is 4. The summed E-state index contributed by atoms with van der Waals surface area (Å²) < 4.78 is 4.85. The summed E-state index contributed by atoms with van der Waals surface area (Å²) in [4.78, 5) is 39.8. The highest BCUT2D eigenvalue weighted by Crippen LogP contribution is 2.22. The van der Waals surface area contributed by atoms with Crippen molar-refractivity contribution in [1.82, 2.24) is 15.6 Å². The number of esters is 1. The predicted octanol–water partition coefficient (Wildman–Crippen LogP) is 2.74. The van der Waals surface area contributed by atoms with Crippen molar-refractivity contribution in [1.29, 1.82) is 0 Å². The smallest absolute Gasteiger partial charge is 0.339 e. The highest BCUT2D eigenvalue weighted by atomic mass is 16.5. The van der Waals surface area contributed by atoms with Gasteiger partial charge in [-0.05, 0) is 43.5 Å². The average molecular weight is 385 g/mol. The van der Waals surface area contributed by atoms with E-state index in [9.17, 15) is 14.4 Å². The van der Waals surface area contributed by atoms with E-state index in [1.165, 1.54) is 7.11 Å². The molecule has 28 heavy (non-hydrogen) atoms. The number of aromatic nitrogens is 1. The van der Waals surface area contributed by atoms with Crippen LogP contribution in [-0.2, 0) is 17.7 Å². The number of carbonyl (C=O) groups excluding carboxylic acids is 3. The van der Waals surface area contributed by atoms with Crippen LogP contribution in [0.3, 0.4) is 0 Å². The molecular formula is C21H27N3O4. The molecule has 7 nitrogen and oxygen atoms in total. The Bertz CT molecular complexity index is 871. The maximum Gasteiger partial charge on any atom is 0.339 e. The third-order valence-electron chi connectivity index (χ3n) is 4.39. The Morgan fingerprint density at radius 1 is 1.11 bits per heavy atom. The molecule has 2 rings (SSSR count). The molecule has 150 valence electrons. The molecule has 0 atom stereocenters. The molecule has 0 saturated carbocycles. The molecule has 0 aliphatic carbocycles. The minimum absolute atomic E-state index is 0.149. The van der Waals surface area contributed by atoms with Crippen LogP contribution in [-0.4, -0.2) is 36.4 Å². The molecule has 1 aromatic heterocycles. The highest BCUT2D eigenvalue weighted by Gasteiger charge is 2.24. The zero-order valence-electron chi connectivity index (χ0n) is 16.8. The van der Waals surface area contributed by atoms with Crippen molar-refractivity contribution in [2.24, 2.45) is 0 Å². The molecule has 3 N–H and O–H groups in total. The standard InChI is InChI=1S/C21H27N3O4/c1-5-8-16-17(21(27)28-4)13(3)24-18(16)20(26)23-12-14-9-7-10-15(11-14)19(25)22-6-2/h7,9-11,24H,5-6,8,12H2,1-4H3,(H,22,25)(H,23,26). The van der Waals surface area contributed by atoms with Gasteiger partial charge in [-0.3, -0.25) is 9.59 Å². The quantitative estimate of drug-likeness (QED) is 0.608. The summed E-state index contributed by atoms with van der Waals surface area (Å²) in [5, 5.41) is 5.61. The molecule has 7 heteroatoms. The summed E-state index contributed by atoms with van der Waals surface area (Å²) in [7, 11) is 1.33. The summed E-state index contributed by atoms with van der Waals surface area (Å²) in [6.45, 7) is 6.41. The van der Waals surface area contributed by atoms with E-state index in [1.807, 2.05) is 19.9 Å². The Balaban J connectivity index is 2.19. The van der Waals surface area contributed by atoms with E-state index in [-0.39, 0.29) is 18.4 Å². The number of aryl methyl sites for hydroxylation is 1. The largest absolute Gasteiger partial charge is 0.465 e. The lowest BCUT2D eigenvalue weighted by atomic mass is 10.0. The Morgan fingerprint density at radius 3 is 2.50 bits per heavy atom. The maximum absolute atomic E-state index is 12.7. The highest BCUT2D eigenvalue weighted by molar-refractivity contribution is 6.00. The number of nitrogens with one attached hydrogen (secondary N) is 3. The van der Waals surface area contributed by atoms with Crippen molar-refractivity contribution in [2.45, 2.75) is 40.2 Å². The van der Waals surface area contributed by atoms with Crippen molar-refractivity contribution in [3.05, 3.63) is 57.9 Å². The normalized spacial score (nSPS) is 10.4. The number of amides is 2. The van der Waals surface area contributed by atoms with Crippen molar-refractivity contribution >= 4 is 17.8 Å². The Hall–Kier alpha value is -3.09. The zero-order chi connectivity index (χ0) is 20.7. The van der Waals surface area contributed by atoms with Crippen LogP contribution in [0, 0.1) is 6.92 Å². The van der Waals surface area contributed by atoms with Crippen molar-refractivity contribution in [3.8, 4) is 0 Å². The van der Waals surface area contributed by atoms with Gasteiger partial charge in [0.25, 0.3) is 11.8 Å². The van der Waals surface area contributed by atoms with Crippen molar-refractivity contribution < 1.29 is 19.1 Å². The molecule has 0 radical (unpaired) electrons. The lowest BCUT2D eigenvalue weighted by Crippen LogP contribution is -2.25. The fourth-order valence-electron chi connectivity index (χ4n) is 3.10. The van der Waals surface area contributed by atoms with Crippen molar-refractivity contribution in [2.75, 3.05) is 13.7 Å². The van der Waals surface area contributed by atoms with E-state index in [2.05, 4.69) is 15.6 Å². The van der Waals surface area contributed by atoms with E-state index in [0.29, 0.717) is 41.0 Å². The molecule has 1 aromatic carbocycles. The number of benzene rings is 1. The van der Waals surface area contributed by atoms with Gasteiger partial charge in [0.2, 0.25) is 0 Å². The number of H-pyrrole nitrogens is 1. The average Bonchev–Trinajstić information content (AvgIpc) is 3.02. The first-order valence-corrected chi connectivity index (χ1v) is 9.37. The summed E-state index contributed by atoms with van der Waals surface area (Å²) in [6, 6.07) is 7.10. The van der Waals surface area contributed by atoms with Gasteiger partial charge in [-0.2, -0.15) is 0 Å². The molecule has 0 aliphatic heterocycles. The summed E-state index contributed by atoms with van der Waals surface area (Å²) in [5.41, 5.74) is 3.43. The molecular weight excluding hydrogens is 358 g/mol. The van der Waals surface area contributed by atoms with Crippen LogP contribution >= 0.6 is 0 Å². The maximum atomic E-state index is 12.7. The van der Waals surface area contributed by atoms with Crippen LogP contribution in [0.5, 0.6) is 0 Å². The summed E-state index contributed by atoms with van der Waals surface area (Å²) >= 11 is 0. The Labute approximate surface area is 164 Å². The first kappa shape index (κ1) is 21.2. The summed E-state index contributed by atoms with van der Waals surface area (Å²) in [5.74, 6) is -0.903. The van der Waals surface area contributed by atoms with Gasteiger partial charge in [0.15, 0.2) is 0 Å². The van der Waals surface area contributed by atoms with Gasteiger partial charge < -0.3 is 20.4 Å². The van der Waals surface area contributed by atoms with E-state index < -0.39 is 5.97 Å². The molecule has 2 aromatic rings. The molecule has 1 heterocycles. The predicted molar refractivity (Wildman–Crippen MR) is 106 cm³/mol. The van der Waals surface area contributed by atoms with Crippen LogP contribution in [0.2, 0.25) is 0 Å². The number of ether oxygens (including phenoxy) is 1. The second-order valence-electron chi connectivity index (χ2n) is 6.46. The van der Waals surface area contributed by atoms with Crippen molar-refractivity contribution in [3.63, 3.8) is 0 Å². The first-order valence-electron chi connectivity index (χ1n) is 9.37. The van der Waals surface area contributed by atoms with Crippen LogP contribution in [0.4, 0.5) is 0 Å².